The predicted octanol–water partition coefficient (Wildman–Crippen LogP) is 3.37. The zero-order valence-corrected chi connectivity index (χ0v) is 15.3. The molecule has 2 N–H and O–H groups in total. The van der Waals surface area contributed by atoms with Gasteiger partial charge >= 0.3 is 12.1 Å². The molecule has 1 unspecified atom stereocenters. The lowest BCUT2D eigenvalue weighted by Crippen LogP contribution is -2.31. The van der Waals surface area contributed by atoms with Crippen LogP contribution in [0.1, 0.15) is 17.2 Å². The summed E-state index contributed by atoms with van der Waals surface area (Å²) in [6.45, 7) is 3.34. The van der Waals surface area contributed by atoms with Gasteiger partial charge in [-0.1, -0.05) is 18.7 Å². The van der Waals surface area contributed by atoms with Crippen LogP contribution in [0.3, 0.4) is 0 Å². The molecular weight excluding hydrogens is 399 g/mol. The smallest absolute Gasteiger partial charge is 0.416 e. The fourth-order valence-corrected chi connectivity index (χ4v) is 3.53. The normalized spacial score (nSPS) is 13.0. The Hall–Kier alpha value is -2.85. The Morgan fingerprint density at radius 3 is 2.07 bits per heavy atom. The monoisotopic (exact) mass is 415 g/mol. The van der Waals surface area contributed by atoms with E-state index in [4.69, 9.17) is 4.74 Å². The number of aliphatic carboxylic acids is 1. The molecule has 0 aliphatic rings. The topological polar surface area (TPSA) is 92.7 Å². The van der Waals surface area contributed by atoms with Crippen LogP contribution in [0.2, 0.25) is 0 Å². The van der Waals surface area contributed by atoms with Crippen molar-refractivity contribution >= 4 is 16.0 Å². The Bertz CT molecular complexity index is 968. The van der Waals surface area contributed by atoms with Gasteiger partial charge in [0.25, 0.3) is 0 Å². The second-order valence-corrected chi connectivity index (χ2v) is 7.39. The highest BCUT2D eigenvalue weighted by atomic mass is 32.2. The van der Waals surface area contributed by atoms with Gasteiger partial charge in [0.1, 0.15) is 5.75 Å². The van der Waals surface area contributed by atoms with E-state index in [0.717, 1.165) is 24.3 Å². The first-order valence-corrected chi connectivity index (χ1v) is 9.19. The molecule has 2 rings (SSSR count). The molecule has 0 fully saturated rings. The Morgan fingerprint density at radius 1 is 1.11 bits per heavy atom. The number of sulfonamides is 1. The van der Waals surface area contributed by atoms with Crippen LogP contribution in [0, 0.1) is 0 Å². The number of benzene rings is 2. The number of halogens is 3. The second kappa shape index (κ2) is 8.03. The minimum atomic E-state index is -4.58. The van der Waals surface area contributed by atoms with E-state index in [0.29, 0.717) is 5.75 Å². The summed E-state index contributed by atoms with van der Waals surface area (Å²) < 4.78 is 70.5. The van der Waals surface area contributed by atoms with Crippen molar-refractivity contribution in [2.45, 2.75) is 17.1 Å². The number of ether oxygens (including phenoxy) is 1. The van der Waals surface area contributed by atoms with E-state index in [2.05, 4.69) is 11.3 Å². The number of nitrogens with one attached hydrogen (secondary N) is 1. The van der Waals surface area contributed by atoms with Gasteiger partial charge in [-0.25, -0.2) is 13.2 Å². The van der Waals surface area contributed by atoms with Gasteiger partial charge in [0, 0.05) is 0 Å². The molecule has 0 aliphatic carbocycles. The van der Waals surface area contributed by atoms with E-state index in [1.165, 1.54) is 31.4 Å². The van der Waals surface area contributed by atoms with Crippen molar-refractivity contribution in [1.29, 1.82) is 0 Å². The van der Waals surface area contributed by atoms with Crippen LogP contribution in [0.5, 0.6) is 5.75 Å². The van der Waals surface area contributed by atoms with Crippen LogP contribution < -0.4 is 9.46 Å². The lowest BCUT2D eigenvalue weighted by molar-refractivity contribution is -0.137. The van der Waals surface area contributed by atoms with Gasteiger partial charge in [-0.05, 0) is 42.0 Å². The lowest BCUT2D eigenvalue weighted by Gasteiger charge is -2.20. The molecule has 28 heavy (non-hydrogen) atoms. The predicted molar refractivity (Wildman–Crippen MR) is 94.3 cm³/mol. The average Bonchev–Trinajstić information content (AvgIpc) is 2.65. The second-order valence-electron chi connectivity index (χ2n) is 5.68. The molecule has 10 heteroatoms. The highest BCUT2D eigenvalue weighted by molar-refractivity contribution is 7.89. The highest BCUT2D eigenvalue weighted by Crippen LogP contribution is 2.31. The number of carboxylic acid groups (broad SMARTS) is 1. The quantitative estimate of drug-likeness (QED) is 0.677. The van der Waals surface area contributed by atoms with Crippen LogP contribution in [0.15, 0.2) is 65.6 Å². The van der Waals surface area contributed by atoms with Crippen molar-refractivity contribution in [3.8, 4) is 5.75 Å². The third kappa shape index (κ3) is 4.90. The molecule has 0 radical (unpaired) electrons. The van der Waals surface area contributed by atoms with E-state index < -0.39 is 39.3 Å². The minimum absolute atomic E-state index is 0.00233. The Balaban J connectivity index is 2.40. The van der Waals surface area contributed by atoms with Crippen molar-refractivity contribution in [2.24, 2.45) is 0 Å². The molecule has 0 aromatic heterocycles. The molecule has 6 nitrogen and oxygen atoms in total. The molecule has 0 saturated carbocycles. The molecule has 0 spiro atoms. The summed E-state index contributed by atoms with van der Waals surface area (Å²) in [5.41, 5.74) is -1.50. The number of carbonyl (C=O) groups is 1. The summed E-state index contributed by atoms with van der Waals surface area (Å²) in [5.74, 6) is -1.09. The number of hydrogen-bond acceptors (Lipinski definition) is 4. The summed E-state index contributed by atoms with van der Waals surface area (Å²) >= 11 is 0. The average molecular weight is 415 g/mol. The Morgan fingerprint density at radius 2 is 1.64 bits per heavy atom. The largest absolute Gasteiger partial charge is 0.497 e. The maximum absolute atomic E-state index is 12.7. The van der Waals surface area contributed by atoms with Crippen LogP contribution in [-0.2, 0) is 21.0 Å². The Labute approximate surface area is 159 Å². The number of methoxy groups -OCH3 is 1. The number of alkyl halides is 3. The van der Waals surface area contributed by atoms with Crippen molar-refractivity contribution < 1.29 is 36.2 Å². The SMILES string of the molecule is C=C(C(=O)O)C(NS(=O)(=O)c1ccc(OC)cc1)c1ccc(C(F)(F)F)cc1. The summed E-state index contributed by atoms with van der Waals surface area (Å²) in [7, 11) is -2.80. The van der Waals surface area contributed by atoms with Crippen LogP contribution in [0.25, 0.3) is 0 Å². The molecule has 2 aromatic rings. The van der Waals surface area contributed by atoms with Crippen LogP contribution in [0.4, 0.5) is 13.2 Å². The number of carboxylic acids is 1. The maximum atomic E-state index is 12.7. The molecule has 2 aromatic carbocycles. The van der Waals surface area contributed by atoms with E-state index >= 15 is 0 Å². The Kier molecular flexibility index (Phi) is 6.15. The summed E-state index contributed by atoms with van der Waals surface area (Å²) in [5, 5.41) is 9.20. The zero-order chi connectivity index (χ0) is 21.1. The molecule has 0 saturated heterocycles. The summed E-state index contributed by atoms with van der Waals surface area (Å²) in [6, 6.07) is 7.28. The van der Waals surface area contributed by atoms with Gasteiger partial charge in [-0.15, -0.1) is 0 Å². The van der Waals surface area contributed by atoms with Crippen LogP contribution >= 0.6 is 0 Å². The molecule has 150 valence electrons. The van der Waals surface area contributed by atoms with Gasteiger partial charge in [0.05, 0.1) is 29.2 Å². The van der Waals surface area contributed by atoms with E-state index in [9.17, 15) is 31.5 Å². The molecule has 0 amide bonds. The summed E-state index contributed by atoms with van der Waals surface area (Å²) in [4.78, 5) is 11.1. The molecule has 0 aliphatic heterocycles. The fourth-order valence-electron chi connectivity index (χ4n) is 2.31. The summed E-state index contributed by atoms with van der Waals surface area (Å²) in [6.07, 6.45) is -4.58. The van der Waals surface area contributed by atoms with Crippen LogP contribution in [-0.4, -0.2) is 26.6 Å². The third-order valence-electron chi connectivity index (χ3n) is 3.84. The van der Waals surface area contributed by atoms with E-state index in [1.54, 1.807) is 0 Å². The first-order valence-electron chi connectivity index (χ1n) is 7.71. The van der Waals surface area contributed by atoms with Gasteiger partial charge in [0.2, 0.25) is 10.0 Å². The van der Waals surface area contributed by atoms with Crippen molar-refractivity contribution in [2.75, 3.05) is 7.11 Å². The molecular formula is C18H16F3NO5S. The molecule has 1 atom stereocenters. The molecule has 0 bridgehead atoms. The molecule has 0 heterocycles. The first kappa shape index (κ1) is 21.5. The number of hydrogen-bond donors (Lipinski definition) is 2. The first-order chi connectivity index (χ1) is 13.0. The number of rotatable bonds is 7. The maximum Gasteiger partial charge on any atom is 0.416 e. The standard InChI is InChI=1S/C18H16F3NO5S/c1-11(17(23)24)16(12-3-5-13(6-4-12)18(19,20)21)22-28(25,26)15-9-7-14(27-2)8-10-15/h3-10,16,22H,1H2,2H3,(H,23,24). The third-order valence-corrected chi connectivity index (χ3v) is 5.28. The zero-order valence-electron chi connectivity index (χ0n) is 14.5. The van der Waals surface area contributed by atoms with Gasteiger partial charge in [0.15, 0.2) is 0 Å². The fraction of sp³-hybridized carbons (Fsp3) is 0.167. The van der Waals surface area contributed by atoms with Gasteiger partial charge in [-0.3, -0.25) is 0 Å². The van der Waals surface area contributed by atoms with Crippen molar-refractivity contribution in [3.63, 3.8) is 0 Å². The minimum Gasteiger partial charge on any atom is -0.497 e. The lowest BCUT2D eigenvalue weighted by atomic mass is 9.99. The van der Waals surface area contributed by atoms with Gasteiger partial charge in [-0.2, -0.15) is 17.9 Å². The highest BCUT2D eigenvalue weighted by Gasteiger charge is 2.31. The van der Waals surface area contributed by atoms with Gasteiger partial charge < -0.3 is 9.84 Å². The van der Waals surface area contributed by atoms with Crippen molar-refractivity contribution in [1.82, 2.24) is 4.72 Å². The van der Waals surface area contributed by atoms with E-state index in [1.807, 2.05) is 0 Å². The van der Waals surface area contributed by atoms with Crippen molar-refractivity contribution in [3.05, 3.63) is 71.8 Å². The van der Waals surface area contributed by atoms with E-state index in [-0.39, 0.29) is 10.5 Å².